The molecule has 1 aliphatic rings. The van der Waals surface area contributed by atoms with Gasteiger partial charge in [-0.15, -0.1) is 0 Å². The number of rotatable bonds is 4. The van der Waals surface area contributed by atoms with E-state index in [1.54, 1.807) is 6.92 Å². The van der Waals surface area contributed by atoms with E-state index in [9.17, 15) is 4.79 Å². The molecule has 1 aliphatic heterocycles. The smallest absolute Gasteiger partial charge is 0.131 e. The largest absolute Gasteiger partial charge is 0.306 e. The monoisotopic (exact) mass is 212 g/mol. The second-order valence-corrected chi connectivity index (χ2v) is 4.96. The molecule has 0 saturated carbocycles. The first-order valence-corrected chi connectivity index (χ1v) is 5.90. The molecule has 0 aliphatic carbocycles. The summed E-state index contributed by atoms with van der Waals surface area (Å²) in [5.74, 6) is 0.294. The zero-order valence-electron chi connectivity index (χ0n) is 10.5. The SMILES string of the molecule is CC(=O)CC(C)N(C)C1CCN(C)CC1. The van der Waals surface area contributed by atoms with Gasteiger partial charge >= 0.3 is 0 Å². The van der Waals surface area contributed by atoms with Crippen LogP contribution < -0.4 is 0 Å². The van der Waals surface area contributed by atoms with Crippen LogP contribution in [0.5, 0.6) is 0 Å². The molecule has 0 radical (unpaired) electrons. The molecule has 15 heavy (non-hydrogen) atoms. The van der Waals surface area contributed by atoms with Crippen LogP contribution in [-0.4, -0.2) is 54.9 Å². The van der Waals surface area contributed by atoms with Crippen LogP contribution in [0.15, 0.2) is 0 Å². The van der Waals surface area contributed by atoms with Crippen LogP contribution in [0.1, 0.15) is 33.1 Å². The van der Waals surface area contributed by atoms with Gasteiger partial charge in [-0.1, -0.05) is 0 Å². The Bertz CT molecular complexity index is 210. The van der Waals surface area contributed by atoms with Gasteiger partial charge in [-0.25, -0.2) is 0 Å². The number of ketones is 1. The highest BCUT2D eigenvalue weighted by atomic mass is 16.1. The van der Waals surface area contributed by atoms with E-state index in [1.807, 2.05) is 0 Å². The van der Waals surface area contributed by atoms with E-state index in [-0.39, 0.29) is 0 Å². The predicted octanol–water partition coefficient (Wildman–Crippen LogP) is 1.38. The zero-order chi connectivity index (χ0) is 11.4. The van der Waals surface area contributed by atoms with Crippen LogP contribution in [-0.2, 0) is 4.79 Å². The number of Topliss-reactive ketones (excluding diaryl/α,β-unsaturated/α-hetero) is 1. The highest BCUT2D eigenvalue weighted by Crippen LogP contribution is 2.17. The number of hydrogen-bond acceptors (Lipinski definition) is 3. The summed E-state index contributed by atoms with van der Waals surface area (Å²) in [7, 11) is 4.33. The summed E-state index contributed by atoms with van der Waals surface area (Å²) in [5, 5.41) is 0. The predicted molar refractivity (Wildman–Crippen MR) is 63.0 cm³/mol. The lowest BCUT2D eigenvalue weighted by atomic mass is 10.0. The molecule has 0 bridgehead atoms. The average Bonchev–Trinajstić information content (AvgIpc) is 2.17. The van der Waals surface area contributed by atoms with Gasteiger partial charge in [-0.05, 0) is 53.9 Å². The Hall–Kier alpha value is -0.410. The van der Waals surface area contributed by atoms with Crippen molar-refractivity contribution in [3.8, 4) is 0 Å². The number of likely N-dealkylation sites (tertiary alicyclic amines) is 1. The van der Waals surface area contributed by atoms with Crippen LogP contribution in [0, 0.1) is 0 Å². The van der Waals surface area contributed by atoms with Gasteiger partial charge in [0, 0.05) is 18.5 Å². The van der Waals surface area contributed by atoms with E-state index in [0.29, 0.717) is 24.3 Å². The maximum atomic E-state index is 11.1. The third-order valence-electron chi connectivity index (χ3n) is 3.54. The number of nitrogens with zero attached hydrogens (tertiary/aromatic N) is 2. The highest BCUT2D eigenvalue weighted by molar-refractivity contribution is 5.76. The molecule has 1 unspecified atom stereocenters. The van der Waals surface area contributed by atoms with Gasteiger partial charge in [0.05, 0.1) is 0 Å². The van der Waals surface area contributed by atoms with Crippen molar-refractivity contribution in [3.63, 3.8) is 0 Å². The van der Waals surface area contributed by atoms with Crippen molar-refractivity contribution in [1.29, 1.82) is 0 Å². The van der Waals surface area contributed by atoms with Crippen molar-refractivity contribution < 1.29 is 4.79 Å². The number of carbonyl (C=O) groups is 1. The van der Waals surface area contributed by atoms with E-state index in [2.05, 4.69) is 30.8 Å². The van der Waals surface area contributed by atoms with Crippen LogP contribution in [0.3, 0.4) is 0 Å². The summed E-state index contributed by atoms with van der Waals surface area (Å²) in [6.07, 6.45) is 3.15. The van der Waals surface area contributed by atoms with Crippen molar-refractivity contribution in [2.75, 3.05) is 27.2 Å². The van der Waals surface area contributed by atoms with E-state index in [4.69, 9.17) is 0 Å². The lowest BCUT2D eigenvalue weighted by Gasteiger charge is -2.38. The molecule has 0 aromatic heterocycles. The van der Waals surface area contributed by atoms with Crippen LogP contribution in [0.25, 0.3) is 0 Å². The highest BCUT2D eigenvalue weighted by Gasteiger charge is 2.24. The average molecular weight is 212 g/mol. The second kappa shape index (κ2) is 5.61. The van der Waals surface area contributed by atoms with Crippen molar-refractivity contribution >= 4 is 5.78 Å². The van der Waals surface area contributed by atoms with E-state index in [0.717, 1.165) is 0 Å². The van der Waals surface area contributed by atoms with Gasteiger partial charge in [0.2, 0.25) is 0 Å². The Morgan fingerprint density at radius 1 is 1.47 bits per heavy atom. The van der Waals surface area contributed by atoms with Crippen molar-refractivity contribution in [2.45, 2.75) is 45.2 Å². The fourth-order valence-electron chi connectivity index (χ4n) is 2.32. The first kappa shape index (κ1) is 12.7. The minimum atomic E-state index is 0.294. The first-order chi connectivity index (χ1) is 7.00. The minimum absolute atomic E-state index is 0.294. The van der Waals surface area contributed by atoms with Gasteiger partial charge < -0.3 is 9.80 Å². The van der Waals surface area contributed by atoms with Crippen LogP contribution in [0.2, 0.25) is 0 Å². The van der Waals surface area contributed by atoms with Crippen LogP contribution >= 0.6 is 0 Å². The molecular formula is C12H24N2O. The third kappa shape index (κ3) is 3.92. The van der Waals surface area contributed by atoms with Crippen LogP contribution in [0.4, 0.5) is 0 Å². The topological polar surface area (TPSA) is 23.6 Å². The van der Waals surface area contributed by atoms with E-state index < -0.39 is 0 Å². The fourth-order valence-corrected chi connectivity index (χ4v) is 2.32. The summed E-state index contributed by atoms with van der Waals surface area (Å²) < 4.78 is 0. The fraction of sp³-hybridized carbons (Fsp3) is 0.917. The molecule has 1 heterocycles. The van der Waals surface area contributed by atoms with Gasteiger partial charge in [-0.3, -0.25) is 4.79 Å². The Kier molecular flexibility index (Phi) is 4.74. The summed E-state index contributed by atoms with van der Waals surface area (Å²) in [6, 6.07) is 1.05. The van der Waals surface area contributed by atoms with Gasteiger partial charge in [-0.2, -0.15) is 0 Å². The number of hydrogen-bond donors (Lipinski definition) is 0. The normalized spacial score (nSPS) is 21.9. The molecule has 0 aromatic carbocycles. The molecular weight excluding hydrogens is 188 g/mol. The Balaban J connectivity index is 2.38. The Labute approximate surface area is 93.4 Å². The molecule has 1 fully saturated rings. The second-order valence-electron chi connectivity index (χ2n) is 4.96. The Morgan fingerprint density at radius 3 is 2.47 bits per heavy atom. The van der Waals surface area contributed by atoms with Gasteiger partial charge in [0.1, 0.15) is 5.78 Å². The summed E-state index contributed by atoms with van der Waals surface area (Å²) >= 11 is 0. The lowest BCUT2D eigenvalue weighted by Crippen LogP contribution is -2.45. The molecule has 3 nitrogen and oxygen atoms in total. The maximum Gasteiger partial charge on any atom is 0.131 e. The molecule has 1 rings (SSSR count). The van der Waals surface area contributed by atoms with E-state index >= 15 is 0 Å². The van der Waals surface area contributed by atoms with Gasteiger partial charge in [0.15, 0.2) is 0 Å². The third-order valence-corrected chi connectivity index (χ3v) is 3.54. The molecule has 88 valence electrons. The molecule has 0 amide bonds. The van der Waals surface area contributed by atoms with Gasteiger partial charge in [0.25, 0.3) is 0 Å². The molecule has 0 N–H and O–H groups in total. The summed E-state index contributed by atoms with van der Waals surface area (Å²) in [6.45, 7) is 6.20. The summed E-state index contributed by atoms with van der Waals surface area (Å²) in [5.41, 5.74) is 0. The minimum Gasteiger partial charge on any atom is -0.306 e. The molecule has 0 aromatic rings. The maximum absolute atomic E-state index is 11.1. The van der Waals surface area contributed by atoms with Crippen molar-refractivity contribution in [2.24, 2.45) is 0 Å². The molecule has 1 atom stereocenters. The quantitative estimate of drug-likeness (QED) is 0.703. The molecule has 1 saturated heterocycles. The zero-order valence-corrected chi connectivity index (χ0v) is 10.5. The number of piperidine rings is 1. The Morgan fingerprint density at radius 2 is 2.00 bits per heavy atom. The summed E-state index contributed by atoms with van der Waals surface area (Å²) in [4.78, 5) is 15.8. The number of carbonyl (C=O) groups excluding carboxylic acids is 1. The standard InChI is InChI=1S/C12H24N2O/c1-10(9-11(2)15)14(4)12-5-7-13(3)8-6-12/h10,12H,5-9H2,1-4H3. The molecule has 3 heteroatoms. The molecule has 0 spiro atoms. The lowest BCUT2D eigenvalue weighted by molar-refractivity contribution is -0.118. The van der Waals surface area contributed by atoms with Crippen molar-refractivity contribution in [3.05, 3.63) is 0 Å². The first-order valence-electron chi connectivity index (χ1n) is 5.90. The van der Waals surface area contributed by atoms with E-state index in [1.165, 1.54) is 25.9 Å². The van der Waals surface area contributed by atoms with Crippen molar-refractivity contribution in [1.82, 2.24) is 9.80 Å².